The van der Waals surface area contributed by atoms with Crippen LogP contribution in [0.3, 0.4) is 0 Å². The molecule has 0 radical (unpaired) electrons. The van der Waals surface area contributed by atoms with Crippen molar-refractivity contribution >= 4 is 11.5 Å². The number of hydrogen-bond acceptors (Lipinski definition) is 3. The molecule has 0 saturated heterocycles. The van der Waals surface area contributed by atoms with Gasteiger partial charge in [-0.05, 0) is 44.5 Å². The molecule has 3 nitrogen and oxygen atoms in total. The highest BCUT2D eigenvalue weighted by Crippen LogP contribution is 2.18. The lowest BCUT2D eigenvalue weighted by atomic mass is 10.1. The van der Waals surface area contributed by atoms with Crippen LogP contribution in [0.25, 0.3) is 0 Å². The molecule has 122 valence electrons. The largest absolute Gasteiger partial charge is 0.377 e. The number of benzene rings is 1. The van der Waals surface area contributed by atoms with Gasteiger partial charge in [0.25, 0.3) is 0 Å². The van der Waals surface area contributed by atoms with Crippen LogP contribution in [-0.4, -0.2) is 33.5 Å². The van der Waals surface area contributed by atoms with Crippen LogP contribution < -0.4 is 10.2 Å². The number of rotatable bonds is 5. The van der Waals surface area contributed by atoms with Crippen LogP contribution in [-0.2, 0) is 4.79 Å². The van der Waals surface area contributed by atoms with Gasteiger partial charge in [-0.1, -0.05) is 32.9 Å². The van der Waals surface area contributed by atoms with Gasteiger partial charge in [0.2, 0.25) is 0 Å². The van der Waals surface area contributed by atoms with Crippen molar-refractivity contribution in [3.63, 3.8) is 0 Å². The fourth-order valence-corrected chi connectivity index (χ4v) is 1.77. The third kappa shape index (κ3) is 11.0. The molecular weight excluding hydrogens is 260 g/mol. The second kappa shape index (κ2) is 13.6. The molecule has 3 heteroatoms. The topological polar surface area (TPSA) is 32.3 Å². The van der Waals surface area contributed by atoms with Gasteiger partial charge in [-0.3, -0.25) is 4.79 Å². The van der Waals surface area contributed by atoms with Crippen molar-refractivity contribution in [2.45, 2.75) is 47.5 Å². The van der Waals surface area contributed by atoms with Crippen LogP contribution in [0.1, 0.15) is 44.7 Å². The molecule has 0 unspecified atom stereocenters. The van der Waals surface area contributed by atoms with Crippen LogP contribution in [0.4, 0.5) is 5.69 Å². The Kier molecular flexibility index (Phi) is 14.2. The van der Waals surface area contributed by atoms with Crippen LogP contribution in [0.2, 0.25) is 0 Å². The zero-order valence-corrected chi connectivity index (χ0v) is 15.2. The lowest BCUT2D eigenvalue weighted by molar-refractivity contribution is -0.118. The van der Waals surface area contributed by atoms with E-state index in [1.807, 2.05) is 20.8 Å². The lowest BCUT2D eigenvalue weighted by Crippen LogP contribution is -2.17. The fourth-order valence-electron chi connectivity index (χ4n) is 1.77. The molecule has 0 aliphatic heterocycles. The number of nitrogens with zero attached hydrogens (tertiary/aromatic N) is 1. The number of carbonyl (C=O) groups excluding carboxylic acids is 1. The highest BCUT2D eigenvalue weighted by Gasteiger charge is 1.98. The van der Waals surface area contributed by atoms with E-state index in [9.17, 15) is 4.79 Å². The molecule has 0 spiro atoms. The molecule has 0 bridgehead atoms. The molecule has 0 fully saturated rings. The molecule has 1 rings (SSSR count). The predicted octanol–water partition coefficient (Wildman–Crippen LogP) is 3.97. The maximum atomic E-state index is 10.6. The van der Waals surface area contributed by atoms with Gasteiger partial charge in [0.1, 0.15) is 5.78 Å². The number of Topliss-reactive ketones (excluding diaryl/α,β-unsaturated/α-hetero) is 1. The highest BCUT2D eigenvalue weighted by molar-refractivity contribution is 5.80. The lowest BCUT2D eigenvalue weighted by Gasteiger charge is -2.15. The van der Waals surface area contributed by atoms with Crippen LogP contribution in [0.5, 0.6) is 0 Å². The number of likely N-dealkylation sites (N-methyl/N-ethyl adjacent to an activating group) is 1. The quantitative estimate of drug-likeness (QED) is 0.892. The third-order valence-corrected chi connectivity index (χ3v) is 2.75. The van der Waals surface area contributed by atoms with E-state index < -0.39 is 0 Å². The second-order valence-corrected chi connectivity index (χ2v) is 5.00. The molecule has 21 heavy (non-hydrogen) atoms. The van der Waals surface area contributed by atoms with E-state index in [0.29, 0.717) is 18.7 Å². The van der Waals surface area contributed by atoms with E-state index in [1.165, 1.54) is 16.8 Å². The number of anilines is 1. The number of ketones is 1. The first-order chi connectivity index (χ1) is 9.92. The van der Waals surface area contributed by atoms with E-state index in [1.54, 1.807) is 7.05 Å². The normalized spacial score (nSPS) is 8.95. The molecule has 0 atom stereocenters. The molecule has 1 aromatic carbocycles. The Hall–Kier alpha value is -1.35. The van der Waals surface area contributed by atoms with Crippen molar-refractivity contribution in [3.8, 4) is 0 Å². The van der Waals surface area contributed by atoms with Crippen molar-refractivity contribution in [2.75, 3.05) is 32.6 Å². The van der Waals surface area contributed by atoms with Gasteiger partial charge in [-0.2, -0.15) is 0 Å². The number of carbonyl (C=O) groups is 1. The first-order valence-corrected chi connectivity index (χ1v) is 7.83. The molecule has 0 aliphatic rings. The van der Waals surface area contributed by atoms with Crippen LogP contribution in [0.15, 0.2) is 18.2 Å². The Bertz CT molecular complexity index is 379. The van der Waals surface area contributed by atoms with Crippen molar-refractivity contribution in [1.29, 1.82) is 0 Å². The minimum Gasteiger partial charge on any atom is -0.377 e. The average Bonchev–Trinajstić information content (AvgIpc) is 2.45. The summed E-state index contributed by atoms with van der Waals surface area (Å²) in [5.41, 5.74) is 3.96. The van der Waals surface area contributed by atoms with E-state index in [2.05, 4.69) is 56.4 Å². The summed E-state index contributed by atoms with van der Waals surface area (Å²) in [6, 6.07) is 6.50. The molecule has 1 aromatic rings. The molecule has 0 aliphatic carbocycles. The molecule has 0 aromatic heterocycles. The Morgan fingerprint density at radius 3 is 2.14 bits per heavy atom. The number of aryl methyl sites for hydroxylation is 2. The van der Waals surface area contributed by atoms with Gasteiger partial charge in [0.15, 0.2) is 0 Å². The summed E-state index contributed by atoms with van der Waals surface area (Å²) in [5, 5.41) is 2.80. The summed E-state index contributed by atoms with van der Waals surface area (Å²) in [5.74, 6) is 0.301. The standard InChI is InChI=1S/C10H15N.C6H13NO.C2H6/c1-8-5-6-9(2)10(7-8)11(3)4;1-3-4-6(8)5-7-2;1-2/h5-7H,1-4H3;7H,3-5H2,1-2H3;1-2H3. The van der Waals surface area contributed by atoms with Crippen LogP contribution >= 0.6 is 0 Å². The minimum atomic E-state index is 0.301. The molecule has 0 saturated carbocycles. The summed E-state index contributed by atoms with van der Waals surface area (Å²) >= 11 is 0. The molecule has 1 N–H and O–H groups in total. The maximum absolute atomic E-state index is 10.6. The zero-order chi connectivity index (χ0) is 16.8. The third-order valence-electron chi connectivity index (χ3n) is 2.75. The Morgan fingerprint density at radius 2 is 1.76 bits per heavy atom. The minimum absolute atomic E-state index is 0.301. The van der Waals surface area contributed by atoms with Gasteiger partial charge in [-0.25, -0.2) is 0 Å². The second-order valence-electron chi connectivity index (χ2n) is 5.00. The van der Waals surface area contributed by atoms with Crippen molar-refractivity contribution in [2.24, 2.45) is 0 Å². The Morgan fingerprint density at radius 1 is 1.19 bits per heavy atom. The van der Waals surface area contributed by atoms with Crippen molar-refractivity contribution in [1.82, 2.24) is 5.32 Å². The van der Waals surface area contributed by atoms with Crippen molar-refractivity contribution < 1.29 is 4.79 Å². The first-order valence-electron chi connectivity index (χ1n) is 7.83. The van der Waals surface area contributed by atoms with Crippen LogP contribution in [0, 0.1) is 13.8 Å². The highest BCUT2D eigenvalue weighted by atomic mass is 16.1. The molecule has 0 heterocycles. The Labute approximate surface area is 131 Å². The summed E-state index contributed by atoms with van der Waals surface area (Å²) in [7, 11) is 5.93. The Balaban J connectivity index is 0. The van der Waals surface area contributed by atoms with E-state index in [-0.39, 0.29) is 0 Å². The molecular formula is C18H34N2O. The average molecular weight is 294 g/mol. The van der Waals surface area contributed by atoms with Crippen molar-refractivity contribution in [3.05, 3.63) is 29.3 Å². The maximum Gasteiger partial charge on any atom is 0.146 e. The monoisotopic (exact) mass is 294 g/mol. The van der Waals surface area contributed by atoms with Gasteiger partial charge >= 0.3 is 0 Å². The van der Waals surface area contributed by atoms with Gasteiger partial charge in [0, 0.05) is 26.2 Å². The van der Waals surface area contributed by atoms with Gasteiger partial charge in [0.05, 0.1) is 6.54 Å². The zero-order valence-electron chi connectivity index (χ0n) is 15.2. The van der Waals surface area contributed by atoms with E-state index in [0.717, 1.165) is 6.42 Å². The summed E-state index contributed by atoms with van der Waals surface area (Å²) in [6.45, 7) is 10.8. The first kappa shape index (κ1) is 21.9. The van der Waals surface area contributed by atoms with E-state index in [4.69, 9.17) is 0 Å². The SMILES string of the molecule is CC.CCCC(=O)CNC.Cc1ccc(C)c(N(C)C)c1. The predicted molar refractivity (Wildman–Crippen MR) is 95.4 cm³/mol. The summed E-state index contributed by atoms with van der Waals surface area (Å²) in [4.78, 5) is 12.7. The summed E-state index contributed by atoms with van der Waals surface area (Å²) < 4.78 is 0. The number of hydrogen-bond donors (Lipinski definition) is 1. The smallest absolute Gasteiger partial charge is 0.146 e. The fraction of sp³-hybridized carbons (Fsp3) is 0.611. The van der Waals surface area contributed by atoms with Gasteiger partial charge < -0.3 is 10.2 Å². The van der Waals surface area contributed by atoms with Gasteiger partial charge in [-0.15, -0.1) is 0 Å². The summed E-state index contributed by atoms with van der Waals surface area (Å²) in [6.07, 6.45) is 1.67. The molecule has 0 amide bonds. The van der Waals surface area contributed by atoms with E-state index >= 15 is 0 Å². The number of nitrogens with one attached hydrogen (secondary N) is 1.